The fourth-order valence-corrected chi connectivity index (χ4v) is 1.58. The van der Waals surface area contributed by atoms with Gasteiger partial charge in [-0.2, -0.15) is 0 Å². The lowest BCUT2D eigenvalue weighted by Gasteiger charge is -2.16. The van der Waals surface area contributed by atoms with Crippen LogP contribution in [0.1, 0.15) is 31.4 Å². The first-order valence-corrected chi connectivity index (χ1v) is 5.88. The van der Waals surface area contributed by atoms with E-state index in [-0.39, 0.29) is 31.0 Å². The first-order valence-electron chi connectivity index (χ1n) is 5.88. The van der Waals surface area contributed by atoms with Crippen molar-refractivity contribution < 1.29 is 9.90 Å². The van der Waals surface area contributed by atoms with Crippen LogP contribution in [0.3, 0.4) is 0 Å². The summed E-state index contributed by atoms with van der Waals surface area (Å²) in [4.78, 5) is 11.7. The third-order valence-corrected chi connectivity index (χ3v) is 2.71. The summed E-state index contributed by atoms with van der Waals surface area (Å²) in [5, 5.41) is 11.7. The maximum Gasteiger partial charge on any atom is 0.222 e. The Hall–Kier alpha value is -1.39. The molecule has 2 atom stereocenters. The summed E-state index contributed by atoms with van der Waals surface area (Å²) in [6.45, 7) is 1.88. The van der Waals surface area contributed by atoms with E-state index in [1.165, 1.54) is 0 Å². The van der Waals surface area contributed by atoms with Crippen LogP contribution in [0.25, 0.3) is 0 Å². The normalized spacial score (nSPS) is 14.1. The molecule has 0 saturated heterocycles. The van der Waals surface area contributed by atoms with Crippen molar-refractivity contribution in [2.75, 3.05) is 6.61 Å². The zero-order valence-corrected chi connectivity index (χ0v) is 10.1. The lowest BCUT2D eigenvalue weighted by atomic mass is 10.0. The van der Waals surface area contributed by atoms with E-state index >= 15 is 0 Å². The highest BCUT2D eigenvalue weighted by Crippen LogP contribution is 2.13. The molecule has 1 rings (SSSR count). The maximum atomic E-state index is 11.7. The van der Waals surface area contributed by atoms with Crippen LogP contribution >= 0.6 is 0 Å². The van der Waals surface area contributed by atoms with Gasteiger partial charge < -0.3 is 16.2 Å². The zero-order valence-electron chi connectivity index (χ0n) is 10.1. The van der Waals surface area contributed by atoms with Gasteiger partial charge in [0.2, 0.25) is 5.91 Å². The van der Waals surface area contributed by atoms with Crippen molar-refractivity contribution in [2.24, 2.45) is 5.73 Å². The molecule has 0 radical (unpaired) electrons. The van der Waals surface area contributed by atoms with Gasteiger partial charge in [-0.3, -0.25) is 4.79 Å². The molecule has 1 aromatic rings. The molecule has 0 saturated carbocycles. The Kier molecular flexibility index (Phi) is 5.66. The van der Waals surface area contributed by atoms with Crippen molar-refractivity contribution in [1.82, 2.24) is 5.32 Å². The fourth-order valence-electron chi connectivity index (χ4n) is 1.58. The van der Waals surface area contributed by atoms with Gasteiger partial charge in [-0.15, -0.1) is 0 Å². The van der Waals surface area contributed by atoms with E-state index in [1.807, 2.05) is 37.3 Å². The number of carbonyl (C=O) groups excluding carboxylic acids is 1. The molecule has 0 aliphatic carbocycles. The van der Waals surface area contributed by atoms with Crippen LogP contribution in [0.5, 0.6) is 0 Å². The minimum absolute atomic E-state index is 0.0389. The lowest BCUT2D eigenvalue weighted by Crippen LogP contribution is -2.38. The molecule has 0 fully saturated rings. The number of nitrogens with one attached hydrogen (secondary N) is 1. The summed E-state index contributed by atoms with van der Waals surface area (Å²) >= 11 is 0. The SMILES string of the molecule is CC[C@H](CO)NC(=O)CC(N)c1ccccc1. The van der Waals surface area contributed by atoms with Crippen molar-refractivity contribution in [1.29, 1.82) is 0 Å². The number of aliphatic hydroxyl groups is 1. The molecule has 0 spiro atoms. The number of hydrogen-bond acceptors (Lipinski definition) is 3. The van der Waals surface area contributed by atoms with Gasteiger partial charge in [-0.05, 0) is 12.0 Å². The van der Waals surface area contributed by atoms with Crippen LogP contribution in [-0.2, 0) is 4.79 Å². The molecule has 1 amide bonds. The molecule has 4 nitrogen and oxygen atoms in total. The standard InChI is InChI=1S/C13H20N2O2/c1-2-11(9-16)15-13(17)8-12(14)10-6-4-3-5-7-10/h3-7,11-12,16H,2,8-9,14H2,1H3,(H,15,17)/t11-,12?/m1/s1. The molecule has 0 heterocycles. The monoisotopic (exact) mass is 236 g/mol. The van der Waals surface area contributed by atoms with Gasteiger partial charge in [-0.1, -0.05) is 37.3 Å². The van der Waals surface area contributed by atoms with Gasteiger partial charge in [0.25, 0.3) is 0 Å². The van der Waals surface area contributed by atoms with Gasteiger partial charge >= 0.3 is 0 Å². The first-order chi connectivity index (χ1) is 8.17. The lowest BCUT2D eigenvalue weighted by molar-refractivity contribution is -0.122. The van der Waals surface area contributed by atoms with Gasteiger partial charge in [-0.25, -0.2) is 0 Å². The summed E-state index contributed by atoms with van der Waals surface area (Å²) in [6, 6.07) is 9.04. The predicted molar refractivity (Wildman–Crippen MR) is 67.3 cm³/mol. The second-order valence-corrected chi connectivity index (χ2v) is 4.08. The first kappa shape index (κ1) is 13.7. The molecule has 4 N–H and O–H groups in total. The Morgan fingerprint density at radius 1 is 1.41 bits per heavy atom. The summed E-state index contributed by atoms with van der Waals surface area (Å²) < 4.78 is 0. The van der Waals surface area contributed by atoms with Crippen LogP contribution in [0, 0.1) is 0 Å². The number of nitrogens with two attached hydrogens (primary N) is 1. The highest BCUT2D eigenvalue weighted by atomic mass is 16.3. The minimum atomic E-state index is -0.299. The Morgan fingerprint density at radius 2 is 2.06 bits per heavy atom. The van der Waals surface area contributed by atoms with Crippen LogP contribution in [0.2, 0.25) is 0 Å². The molecule has 1 unspecified atom stereocenters. The average Bonchev–Trinajstić information content (AvgIpc) is 2.37. The van der Waals surface area contributed by atoms with E-state index in [2.05, 4.69) is 5.32 Å². The quantitative estimate of drug-likeness (QED) is 0.688. The molecule has 0 aliphatic heterocycles. The second kappa shape index (κ2) is 7.04. The highest BCUT2D eigenvalue weighted by Gasteiger charge is 2.14. The van der Waals surface area contributed by atoms with Crippen LogP contribution in [0.4, 0.5) is 0 Å². The van der Waals surface area contributed by atoms with E-state index in [4.69, 9.17) is 10.8 Å². The van der Waals surface area contributed by atoms with Gasteiger partial charge in [0.05, 0.1) is 12.6 Å². The highest BCUT2D eigenvalue weighted by molar-refractivity contribution is 5.77. The van der Waals surface area contributed by atoms with Crippen molar-refractivity contribution in [3.05, 3.63) is 35.9 Å². The number of carbonyl (C=O) groups is 1. The molecule has 1 aromatic carbocycles. The van der Waals surface area contributed by atoms with Crippen molar-refractivity contribution >= 4 is 5.91 Å². The largest absolute Gasteiger partial charge is 0.394 e. The average molecular weight is 236 g/mol. The molecule has 17 heavy (non-hydrogen) atoms. The maximum absolute atomic E-state index is 11.7. The summed E-state index contributed by atoms with van der Waals surface area (Å²) in [5.41, 5.74) is 6.88. The van der Waals surface area contributed by atoms with Crippen LogP contribution in [-0.4, -0.2) is 23.7 Å². The van der Waals surface area contributed by atoms with Crippen molar-refractivity contribution in [2.45, 2.75) is 31.8 Å². The second-order valence-electron chi connectivity index (χ2n) is 4.08. The van der Waals surface area contributed by atoms with Gasteiger partial charge in [0.15, 0.2) is 0 Å². The van der Waals surface area contributed by atoms with Gasteiger partial charge in [0, 0.05) is 12.5 Å². The van der Waals surface area contributed by atoms with E-state index in [0.29, 0.717) is 6.42 Å². The van der Waals surface area contributed by atoms with Gasteiger partial charge in [0.1, 0.15) is 0 Å². The number of rotatable bonds is 6. The Labute approximate surface area is 102 Å². The van der Waals surface area contributed by atoms with Crippen LogP contribution < -0.4 is 11.1 Å². The number of benzene rings is 1. The minimum Gasteiger partial charge on any atom is -0.394 e. The third kappa shape index (κ3) is 4.54. The Balaban J connectivity index is 2.46. The molecular weight excluding hydrogens is 216 g/mol. The molecular formula is C13H20N2O2. The molecule has 0 aliphatic rings. The van der Waals surface area contributed by atoms with Crippen molar-refractivity contribution in [3.63, 3.8) is 0 Å². The van der Waals surface area contributed by atoms with E-state index in [0.717, 1.165) is 5.56 Å². The number of hydrogen-bond donors (Lipinski definition) is 3. The molecule has 4 heteroatoms. The summed E-state index contributed by atoms with van der Waals surface area (Å²) in [6.07, 6.45) is 0.948. The summed E-state index contributed by atoms with van der Waals surface area (Å²) in [7, 11) is 0. The zero-order chi connectivity index (χ0) is 12.7. The topological polar surface area (TPSA) is 75.3 Å². The Bertz CT molecular complexity index is 337. The van der Waals surface area contributed by atoms with E-state index in [9.17, 15) is 4.79 Å². The molecule has 0 bridgehead atoms. The number of amides is 1. The number of aliphatic hydroxyl groups excluding tert-OH is 1. The van der Waals surface area contributed by atoms with E-state index < -0.39 is 0 Å². The van der Waals surface area contributed by atoms with E-state index in [1.54, 1.807) is 0 Å². The molecule has 94 valence electrons. The predicted octanol–water partition coefficient (Wildman–Crippen LogP) is 0.964. The smallest absolute Gasteiger partial charge is 0.222 e. The van der Waals surface area contributed by atoms with Crippen molar-refractivity contribution in [3.8, 4) is 0 Å². The van der Waals surface area contributed by atoms with Crippen LogP contribution in [0.15, 0.2) is 30.3 Å². The Morgan fingerprint density at radius 3 is 2.59 bits per heavy atom. The molecule has 0 aromatic heterocycles. The summed E-state index contributed by atoms with van der Waals surface area (Å²) in [5.74, 6) is -0.123. The third-order valence-electron chi connectivity index (χ3n) is 2.71. The fraction of sp³-hybridized carbons (Fsp3) is 0.462.